The number of hydrogen-bond acceptors (Lipinski definition) is 5. The normalized spacial score (nSPS) is 13.3. The van der Waals surface area contributed by atoms with Gasteiger partial charge in [0.15, 0.2) is 5.96 Å². The minimum Gasteiger partial charge on any atom is -0.356 e. The minimum atomic E-state index is -0.194. The molecule has 9 heteroatoms. The standard InChI is InChI=1S/C20H25N5O2S.HI/c1-3-14-12-23-17(28-14)13-24-20(21-2)22-10-6-7-11-25-18(26)15-8-4-5-9-16(15)19(25)27;/h4-5,8-9,12H,3,6-7,10-11,13H2,1-2H3,(H2,21,22,24);1H. The third-order valence-electron chi connectivity index (χ3n) is 4.56. The Balaban J connectivity index is 0.00000300. The number of rotatable bonds is 8. The number of unbranched alkanes of at least 4 members (excludes halogenated alkanes) is 1. The van der Waals surface area contributed by atoms with Crippen LogP contribution in [-0.4, -0.2) is 47.8 Å². The predicted octanol–water partition coefficient (Wildman–Crippen LogP) is 3.06. The first-order valence-corrected chi connectivity index (χ1v) is 10.3. The van der Waals surface area contributed by atoms with Crippen LogP contribution >= 0.6 is 35.3 Å². The van der Waals surface area contributed by atoms with Crippen molar-refractivity contribution >= 4 is 53.1 Å². The molecule has 0 atom stereocenters. The zero-order valence-corrected chi connectivity index (χ0v) is 19.8. The Bertz CT molecular complexity index is 848. The van der Waals surface area contributed by atoms with E-state index in [1.807, 2.05) is 6.20 Å². The smallest absolute Gasteiger partial charge is 0.261 e. The summed E-state index contributed by atoms with van der Waals surface area (Å²) in [6.45, 7) is 3.90. The average Bonchev–Trinajstić information content (AvgIpc) is 3.28. The number of aromatic nitrogens is 1. The van der Waals surface area contributed by atoms with Crippen LogP contribution in [0, 0.1) is 0 Å². The molecular weight excluding hydrogens is 501 g/mol. The second-order valence-corrected chi connectivity index (χ2v) is 7.64. The molecule has 0 spiro atoms. The maximum atomic E-state index is 12.3. The van der Waals surface area contributed by atoms with Gasteiger partial charge in [-0.3, -0.25) is 19.5 Å². The molecule has 7 nitrogen and oxygen atoms in total. The molecule has 0 unspecified atom stereocenters. The Kier molecular flexibility index (Phi) is 9.02. The number of nitrogens with one attached hydrogen (secondary N) is 2. The van der Waals surface area contributed by atoms with Crippen LogP contribution in [0.2, 0.25) is 0 Å². The van der Waals surface area contributed by atoms with Crippen molar-refractivity contribution in [1.29, 1.82) is 0 Å². The monoisotopic (exact) mass is 527 g/mol. The number of amides is 2. The number of aliphatic imine (C=N–C) groups is 1. The zero-order chi connectivity index (χ0) is 19.9. The highest BCUT2D eigenvalue weighted by molar-refractivity contribution is 14.0. The van der Waals surface area contributed by atoms with Crippen LogP contribution in [0.5, 0.6) is 0 Å². The maximum Gasteiger partial charge on any atom is 0.261 e. The van der Waals surface area contributed by atoms with E-state index in [1.54, 1.807) is 42.6 Å². The molecular formula is C20H26IN5O2S. The van der Waals surface area contributed by atoms with Crippen molar-refractivity contribution in [3.63, 3.8) is 0 Å². The lowest BCUT2D eigenvalue weighted by Crippen LogP contribution is -2.37. The SMILES string of the molecule is CCc1cnc(CNC(=NC)NCCCCN2C(=O)c3ccccc3C2=O)s1.I. The molecule has 2 N–H and O–H groups in total. The molecule has 29 heavy (non-hydrogen) atoms. The molecule has 0 fully saturated rings. The molecule has 0 radical (unpaired) electrons. The molecule has 1 aliphatic heterocycles. The van der Waals surface area contributed by atoms with E-state index in [4.69, 9.17) is 0 Å². The van der Waals surface area contributed by atoms with E-state index in [2.05, 4.69) is 27.5 Å². The van der Waals surface area contributed by atoms with E-state index < -0.39 is 0 Å². The van der Waals surface area contributed by atoms with Gasteiger partial charge < -0.3 is 10.6 Å². The number of carbonyl (C=O) groups excluding carboxylic acids is 2. The Labute approximate surface area is 192 Å². The number of fused-ring (bicyclic) bond motifs is 1. The second-order valence-electron chi connectivity index (χ2n) is 6.44. The van der Waals surface area contributed by atoms with Crippen LogP contribution in [0.1, 0.15) is 50.4 Å². The van der Waals surface area contributed by atoms with Gasteiger partial charge in [0.25, 0.3) is 11.8 Å². The van der Waals surface area contributed by atoms with Gasteiger partial charge in [-0.2, -0.15) is 0 Å². The summed E-state index contributed by atoms with van der Waals surface area (Å²) >= 11 is 1.70. The number of hydrogen-bond donors (Lipinski definition) is 2. The van der Waals surface area contributed by atoms with E-state index in [0.717, 1.165) is 24.3 Å². The van der Waals surface area contributed by atoms with Gasteiger partial charge in [0.1, 0.15) is 5.01 Å². The lowest BCUT2D eigenvalue weighted by molar-refractivity contribution is 0.0652. The predicted molar refractivity (Wildman–Crippen MR) is 126 cm³/mol. The van der Waals surface area contributed by atoms with Gasteiger partial charge in [0.2, 0.25) is 0 Å². The Morgan fingerprint density at radius 3 is 2.41 bits per heavy atom. The second kappa shape index (κ2) is 11.2. The molecule has 2 aromatic rings. The topological polar surface area (TPSA) is 86.7 Å². The van der Waals surface area contributed by atoms with Gasteiger partial charge in [0.05, 0.1) is 17.7 Å². The van der Waals surface area contributed by atoms with Crippen molar-refractivity contribution < 1.29 is 9.59 Å². The van der Waals surface area contributed by atoms with Crippen molar-refractivity contribution in [2.24, 2.45) is 4.99 Å². The fourth-order valence-corrected chi connectivity index (χ4v) is 3.82. The highest BCUT2D eigenvalue weighted by Gasteiger charge is 2.34. The molecule has 156 valence electrons. The Hall–Kier alpha value is -2.01. The number of guanidine groups is 1. The first-order chi connectivity index (χ1) is 13.6. The molecule has 0 bridgehead atoms. The van der Waals surface area contributed by atoms with Gasteiger partial charge >= 0.3 is 0 Å². The van der Waals surface area contributed by atoms with Crippen LogP contribution in [0.25, 0.3) is 0 Å². The highest BCUT2D eigenvalue weighted by atomic mass is 127. The molecule has 2 amide bonds. The van der Waals surface area contributed by atoms with Gasteiger partial charge in [-0.05, 0) is 31.4 Å². The minimum absolute atomic E-state index is 0. The molecule has 1 aromatic heterocycles. The Morgan fingerprint density at radius 1 is 1.14 bits per heavy atom. The van der Waals surface area contributed by atoms with Crippen LogP contribution in [0.3, 0.4) is 0 Å². The molecule has 1 aromatic carbocycles. The van der Waals surface area contributed by atoms with E-state index in [0.29, 0.717) is 36.7 Å². The van der Waals surface area contributed by atoms with Crippen LogP contribution < -0.4 is 10.6 Å². The Morgan fingerprint density at radius 2 is 1.83 bits per heavy atom. The number of carbonyl (C=O) groups is 2. The van der Waals surface area contributed by atoms with Gasteiger partial charge in [0, 0.05) is 31.2 Å². The molecule has 1 aliphatic rings. The van der Waals surface area contributed by atoms with Gasteiger partial charge in [-0.15, -0.1) is 35.3 Å². The van der Waals surface area contributed by atoms with Crippen LogP contribution in [0.15, 0.2) is 35.5 Å². The lowest BCUT2D eigenvalue weighted by Gasteiger charge is -2.14. The molecule has 0 saturated carbocycles. The average molecular weight is 527 g/mol. The summed E-state index contributed by atoms with van der Waals surface area (Å²) in [5, 5.41) is 7.53. The number of halogens is 1. The molecule has 0 saturated heterocycles. The number of imide groups is 1. The summed E-state index contributed by atoms with van der Waals surface area (Å²) in [5.74, 6) is 0.329. The van der Waals surface area contributed by atoms with Crippen LogP contribution in [0.4, 0.5) is 0 Å². The number of thiazole rings is 1. The van der Waals surface area contributed by atoms with Crippen molar-refractivity contribution in [1.82, 2.24) is 20.5 Å². The molecule has 0 aliphatic carbocycles. The first kappa shape index (κ1) is 23.3. The molecule has 3 rings (SSSR count). The summed E-state index contributed by atoms with van der Waals surface area (Å²) in [5.41, 5.74) is 1.01. The fourth-order valence-electron chi connectivity index (χ4n) is 3.02. The number of nitrogens with zero attached hydrogens (tertiary/aromatic N) is 3. The van der Waals surface area contributed by atoms with Gasteiger partial charge in [-0.1, -0.05) is 19.1 Å². The highest BCUT2D eigenvalue weighted by Crippen LogP contribution is 2.22. The zero-order valence-electron chi connectivity index (χ0n) is 16.6. The lowest BCUT2D eigenvalue weighted by atomic mass is 10.1. The molecule has 2 heterocycles. The summed E-state index contributed by atoms with van der Waals surface area (Å²) in [4.78, 5) is 35.8. The number of aryl methyl sites for hydroxylation is 1. The van der Waals surface area contributed by atoms with Crippen molar-refractivity contribution in [2.75, 3.05) is 20.1 Å². The van der Waals surface area contributed by atoms with Crippen molar-refractivity contribution in [3.8, 4) is 0 Å². The third-order valence-corrected chi connectivity index (χ3v) is 5.70. The maximum absolute atomic E-state index is 12.3. The van der Waals surface area contributed by atoms with Crippen molar-refractivity contribution in [2.45, 2.75) is 32.7 Å². The first-order valence-electron chi connectivity index (χ1n) is 9.47. The van der Waals surface area contributed by atoms with Gasteiger partial charge in [-0.25, -0.2) is 4.98 Å². The quantitative estimate of drug-likeness (QED) is 0.181. The van der Waals surface area contributed by atoms with E-state index in [9.17, 15) is 9.59 Å². The van der Waals surface area contributed by atoms with E-state index in [-0.39, 0.29) is 35.8 Å². The summed E-state index contributed by atoms with van der Waals surface area (Å²) in [7, 11) is 1.73. The fraction of sp³-hybridized carbons (Fsp3) is 0.400. The summed E-state index contributed by atoms with van der Waals surface area (Å²) < 4.78 is 0. The van der Waals surface area contributed by atoms with Crippen molar-refractivity contribution in [3.05, 3.63) is 51.5 Å². The van der Waals surface area contributed by atoms with E-state index in [1.165, 1.54) is 9.78 Å². The van der Waals surface area contributed by atoms with Crippen LogP contribution in [-0.2, 0) is 13.0 Å². The third kappa shape index (κ3) is 5.75. The largest absolute Gasteiger partial charge is 0.356 e. The number of benzene rings is 1. The summed E-state index contributed by atoms with van der Waals surface area (Å²) in [6, 6.07) is 6.98. The summed E-state index contributed by atoms with van der Waals surface area (Å²) in [6.07, 6.45) is 4.47. The van der Waals surface area contributed by atoms with E-state index >= 15 is 0 Å².